The van der Waals surface area contributed by atoms with Gasteiger partial charge in [-0.25, -0.2) is 0 Å². The number of allylic oxidation sites excluding steroid dienone is 1. The highest BCUT2D eigenvalue weighted by atomic mass is 16.7. The van der Waals surface area contributed by atoms with Crippen LogP contribution in [0.2, 0.25) is 0 Å². The predicted octanol–water partition coefficient (Wildman–Crippen LogP) is 3.53. The smallest absolute Gasteiger partial charge is 0.205 e. The molecule has 20 heavy (non-hydrogen) atoms. The van der Waals surface area contributed by atoms with E-state index in [0.29, 0.717) is 6.61 Å². The Hall–Kier alpha value is -1.58. The molecule has 108 valence electrons. The van der Waals surface area contributed by atoms with Gasteiger partial charge in [-0.15, -0.1) is 0 Å². The van der Waals surface area contributed by atoms with Gasteiger partial charge < -0.3 is 14.6 Å². The van der Waals surface area contributed by atoms with Crippen LogP contribution >= 0.6 is 0 Å². The average Bonchev–Trinajstić information content (AvgIpc) is 2.42. The van der Waals surface area contributed by atoms with Crippen LogP contribution in [0.4, 0.5) is 0 Å². The fraction of sp³-hybridized carbons (Fsp3) is 0.412. The van der Waals surface area contributed by atoms with Crippen molar-refractivity contribution in [3.8, 4) is 5.75 Å². The molecule has 0 amide bonds. The van der Waals surface area contributed by atoms with Crippen molar-refractivity contribution in [2.24, 2.45) is 5.92 Å². The maximum atomic E-state index is 9.29. The molecule has 2 rings (SSSR count). The summed E-state index contributed by atoms with van der Waals surface area (Å²) in [5, 5.41) is 9.29. The number of aliphatic hydroxyl groups excluding tert-OH is 1. The first-order valence-electron chi connectivity index (χ1n) is 6.92. The lowest BCUT2D eigenvalue weighted by Crippen LogP contribution is -2.35. The van der Waals surface area contributed by atoms with Crippen LogP contribution in [0.25, 0.3) is 6.08 Å². The van der Waals surface area contributed by atoms with Gasteiger partial charge >= 0.3 is 0 Å². The Morgan fingerprint density at radius 3 is 2.85 bits per heavy atom. The molecular weight excluding hydrogens is 252 g/mol. The predicted molar refractivity (Wildman–Crippen MR) is 80.4 cm³/mol. The minimum Gasteiger partial charge on any atom is -0.463 e. The van der Waals surface area contributed by atoms with Crippen LogP contribution < -0.4 is 4.74 Å². The molecule has 0 fully saturated rings. The Morgan fingerprint density at radius 1 is 1.35 bits per heavy atom. The van der Waals surface area contributed by atoms with E-state index in [1.165, 1.54) is 0 Å². The zero-order valence-electron chi connectivity index (χ0n) is 12.3. The normalized spacial score (nSPS) is 19.0. The number of hydrogen-bond donors (Lipinski definition) is 1. The Bertz CT molecular complexity index is 515. The summed E-state index contributed by atoms with van der Waals surface area (Å²) in [6.07, 6.45) is 7.93. The van der Waals surface area contributed by atoms with E-state index in [1.807, 2.05) is 63.3 Å². The van der Waals surface area contributed by atoms with Gasteiger partial charge in [-0.05, 0) is 18.6 Å². The summed E-state index contributed by atoms with van der Waals surface area (Å²) in [5.74, 6) is 0.334. The van der Waals surface area contributed by atoms with Gasteiger partial charge in [-0.2, -0.15) is 0 Å². The summed E-state index contributed by atoms with van der Waals surface area (Å²) < 4.78 is 11.5. The molecule has 0 bridgehead atoms. The summed E-state index contributed by atoms with van der Waals surface area (Å²) in [5.41, 5.74) is 2.13. The average molecular weight is 274 g/mol. The molecule has 0 aromatic heterocycles. The van der Waals surface area contributed by atoms with E-state index in [1.54, 1.807) is 0 Å². The number of rotatable bonds is 4. The highest BCUT2D eigenvalue weighted by molar-refractivity contribution is 5.58. The van der Waals surface area contributed by atoms with E-state index in [2.05, 4.69) is 0 Å². The van der Waals surface area contributed by atoms with E-state index < -0.39 is 5.79 Å². The summed E-state index contributed by atoms with van der Waals surface area (Å²) in [6, 6.07) is 5.97. The molecule has 1 aliphatic heterocycles. The molecule has 0 spiro atoms. The first-order chi connectivity index (χ1) is 9.55. The van der Waals surface area contributed by atoms with Crippen molar-refractivity contribution in [3.05, 3.63) is 47.6 Å². The number of aliphatic hydroxyl groups is 1. The van der Waals surface area contributed by atoms with Crippen LogP contribution in [0.5, 0.6) is 5.75 Å². The number of benzene rings is 1. The van der Waals surface area contributed by atoms with Crippen LogP contribution in [-0.2, 0) is 11.3 Å². The zero-order valence-corrected chi connectivity index (χ0v) is 12.3. The SMILES string of the molecule is C/C=C/C(/C=C/c1cccc2c1COC(C)(C)O2)CO. The van der Waals surface area contributed by atoms with Gasteiger partial charge in [-0.1, -0.05) is 36.4 Å². The van der Waals surface area contributed by atoms with Gasteiger partial charge in [0.1, 0.15) is 5.75 Å². The van der Waals surface area contributed by atoms with Gasteiger partial charge in [0, 0.05) is 25.3 Å². The quantitative estimate of drug-likeness (QED) is 0.854. The molecule has 1 aliphatic rings. The van der Waals surface area contributed by atoms with Gasteiger partial charge in [-0.3, -0.25) is 0 Å². The Labute approximate surface area is 120 Å². The molecule has 0 saturated heterocycles. The third-order valence-electron chi connectivity index (χ3n) is 3.26. The fourth-order valence-corrected chi connectivity index (χ4v) is 2.19. The van der Waals surface area contributed by atoms with Crippen molar-refractivity contribution >= 4 is 6.08 Å². The standard InChI is InChI=1S/C17H22O3/c1-4-6-13(11-18)9-10-14-7-5-8-16-15(14)12-19-17(2,3)20-16/h4-10,13,18H,11-12H2,1-3H3/b6-4+,10-9+. The van der Waals surface area contributed by atoms with Crippen LogP contribution in [0.15, 0.2) is 36.4 Å². The Kier molecular flexibility index (Phi) is 4.63. The van der Waals surface area contributed by atoms with E-state index in [9.17, 15) is 5.11 Å². The lowest BCUT2D eigenvalue weighted by atomic mass is 10.0. The summed E-state index contributed by atoms with van der Waals surface area (Å²) in [7, 11) is 0. The highest BCUT2D eigenvalue weighted by Crippen LogP contribution is 2.33. The molecule has 1 N–H and O–H groups in total. The zero-order chi connectivity index (χ0) is 14.6. The monoisotopic (exact) mass is 274 g/mol. The minimum atomic E-state index is -0.575. The van der Waals surface area contributed by atoms with Crippen molar-refractivity contribution < 1.29 is 14.6 Å². The summed E-state index contributed by atoms with van der Waals surface area (Å²) in [6.45, 7) is 6.41. The molecule has 0 aliphatic carbocycles. The van der Waals surface area contributed by atoms with Crippen molar-refractivity contribution in [1.82, 2.24) is 0 Å². The lowest BCUT2D eigenvalue weighted by molar-refractivity contribution is -0.180. The van der Waals surface area contributed by atoms with E-state index >= 15 is 0 Å². The van der Waals surface area contributed by atoms with Gasteiger partial charge in [0.15, 0.2) is 0 Å². The fourth-order valence-electron chi connectivity index (χ4n) is 2.19. The molecule has 3 nitrogen and oxygen atoms in total. The second-order valence-electron chi connectivity index (χ2n) is 5.35. The molecule has 1 aromatic rings. The van der Waals surface area contributed by atoms with Crippen molar-refractivity contribution in [3.63, 3.8) is 0 Å². The van der Waals surface area contributed by atoms with E-state index in [0.717, 1.165) is 16.9 Å². The Balaban J connectivity index is 2.24. The van der Waals surface area contributed by atoms with Crippen LogP contribution in [0, 0.1) is 5.92 Å². The number of hydrogen-bond acceptors (Lipinski definition) is 3. The minimum absolute atomic E-state index is 0.0396. The summed E-state index contributed by atoms with van der Waals surface area (Å²) in [4.78, 5) is 0. The highest BCUT2D eigenvalue weighted by Gasteiger charge is 2.28. The van der Waals surface area contributed by atoms with E-state index in [-0.39, 0.29) is 12.5 Å². The number of ether oxygens (including phenoxy) is 2. The van der Waals surface area contributed by atoms with Gasteiger partial charge in [0.2, 0.25) is 5.79 Å². The van der Waals surface area contributed by atoms with Crippen molar-refractivity contribution in [2.75, 3.05) is 6.61 Å². The molecule has 1 aromatic carbocycles. The molecule has 0 saturated carbocycles. The van der Waals surface area contributed by atoms with Crippen LogP contribution in [0.3, 0.4) is 0 Å². The molecule has 3 heteroatoms. The first-order valence-corrected chi connectivity index (χ1v) is 6.92. The van der Waals surface area contributed by atoms with Gasteiger partial charge in [0.05, 0.1) is 13.2 Å². The topological polar surface area (TPSA) is 38.7 Å². The molecule has 1 unspecified atom stereocenters. The van der Waals surface area contributed by atoms with Crippen molar-refractivity contribution in [1.29, 1.82) is 0 Å². The second-order valence-corrected chi connectivity index (χ2v) is 5.35. The molecule has 1 atom stereocenters. The first kappa shape index (κ1) is 14.8. The summed E-state index contributed by atoms with van der Waals surface area (Å²) >= 11 is 0. The van der Waals surface area contributed by atoms with E-state index in [4.69, 9.17) is 9.47 Å². The van der Waals surface area contributed by atoms with Crippen molar-refractivity contribution in [2.45, 2.75) is 33.2 Å². The van der Waals surface area contributed by atoms with Gasteiger partial charge in [0.25, 0.3) is 0 Å². The molecule has 0 radical (unpaired) electrons. The molecule has 1 heterocycles. The second kappa shape index (κ2) is 6.25. The maximum Gasteiger partial charge on any atom is 0.205 e. The third kappa shape index (κ3) is 3.50. The molecular formula is C17H22O3. The van der Waals surface area contributed by atoms with Crippen LogP contribution in [-0.4, -0.2) is 17.5 Å². The lowest BCUT2D eigenvalue weighted by Gasteiger charge is -2.33. The maximum absolute atomic E-state index is 9.29. The third-order valence-corrected chi connectivity index (χ3v) is 3.26. The van der Waals surface area contributed by atoms with Crippen LogP contribution in [0.1, 0.15) is 31.9 Å². The largest absolute Gasteiger partial charge is 0.463 e. The number of fused-ring (bicyclic) bond motifs is 1. The Morgan fingerprint density at radius 2 is 2.15 bits per heavy atom.